The van der Waals surface area contributed by atoms with E-state index in [2.05, 4.69) is 23.4 Å². The average molecular weight is 349 g/mol. The van der Waals surface area contributed by atoms with E-state index >= 15 is 0 Å². The molecule has 0 radical (unpaired) electrons. The number of piperazine rings is 1. The molecule has 0 aliphatic carbocycles. The summed E-state index contributed by atoms with van der Waals surface area (Å²) in [7, 11) is 0.114. The molecule has 0 bridgehead atoms. The fourth-order valence-electron chi connectivity index (χ4n) is 2.89. The number of aliphatic hydroxyl groups excluding tert-OH is 1. The number of likely N-dealkylation sites (N-methyl/N-ethyl adjacent to an activating group) is 1. The first kappa shape index (κ1) is 21.0. The third-order valence-corrected chi connectivity index (χ3v) is 7.25. The summed E-state index contributed by atoms with van der Waals surface area (Å²) in [5.74, 6) is 0. The number of aliphatic hydroxyl groups is 1. The summed E-state index contributed by atoms with van der Waals surface area (Å²) in [6.07, 6.45) is 0.519. The van der Waals surface area contributed by atoms with Crippen LogP contribution in [0.2, 0.25) is 12.6 Å². The zero-order valence-electron chi connectivity index (χ0n) is 15.4. The van der Waals surface area contributed by atoms with Gasteiger partial charge in [-0.05, 0) is 39.9 Å². The molecule has 7 heteroatoms. The second-order valence-electron chi connectivity index (χ2n) is 6.44. The van der Waals surface area contributed by atoms with Gasteiger partial charge in [0, 0.05) is 52.5 Å². The standard InChI is InChI=1S/C16H36N2O4Si/c1-5-21-23(4,22-6-2)13-7-12-20-15-16(19)14-18-10-8-17(3)9-11-18/h16,19H,5-15H2,1-4H3. The maximum Gasteiger partial charge on any atom is 0.334 e. The van der Waals surface area contributed by atoms with Gasteiger partial charge in [0.1, 0.15) is 0 Å². The van der Waals surface area contributed by atoms with Crippen LogP contribution in [0.1, 0.15) is 20.3 Å². The van der Waals surface area contributed by atoms with Gasteiger partial charge in [-0.1, -0.05) is 0 Å². The molecular formula is C16H36N2O4Si. The van der Waals surface area contributed by atoms with E-state index in [4.69, 9.17) is 13.6 Å². The Morgan fingerprint density at radius 1 is 1.09 bits per heavy atom. The summed E-state index contributed by atoms with van der Waals surface area (Å²) in [4.78, 5) is 4.62. The molecule has 1 N–H and O–H groups in total. The number of hydrogen-bond acceptors (Lipinski definition) is 6. The van der Waals surface area contributed by atoms with Crippen molar-refractivity contribution >= 4 is 8.56 Å². The zero-order valence-corrected chi connectivity index (χ0v) is 16.4. The number of β-amino-alcohol motifs (C(OH)–C–C–N with tert-alkyl or cyclic N) is 1. The van der Waals surface area contributed by atoms with Gasteiger partial charge in [-0.2, -0.15) is 0 Å². The van der Waals surface area contributed by atoms with Gasteiger partial charge in [0.05, 0.1) is 12.7 Å². The minimum absolute atomic E-state index is 0.402. The van der Waals surface area contributed by atoms with Gasteiger partial charge in [0.15, 0.2) is 0 Å². The zero-order chi connectivity index (χ0) is 17.1. The van der Waals surface area contributed by atoms with Gasteiger partial charge < -0.3 is 23.6 Å². The van der Waals surface area contributed by atoms with E-state index in [1.807, 2.05) is 13.8 Å². The topological polar surface area (TPSA) is 54.4 Å². The molecule has 1 fully saturated rings. The maximum absolute atomic E-state index is 10.1. The van der Waals surface area contributed by atoms with Gasteiger partial charge in [-0.15, -0.1) is 0 Å². The molecule has 0 aromatic heterocycles. The molecule has 23 heavy (non-hydrogen) atoms. The first-order chi connectivity index (χ1) is 11.0. The molecule has 1 heterocycles. The van der Waals surface area contributed by atoms with Crippen molar-refractivity contribution in [2.75, 3.05) is 66.2 Å². The molecule has 1 saturated heterocycles. The van der Waals surface area contributed by atoms with Gasteiger partial charge >= 0.3 is 8.56 Å². The predicted octanol–water partition coefficient (Wildman–Crippen LogP) is 1.15. The van der Waals surface area contributed by atoms with Crippen LogP contribution in [0.5, 0.6) is 0 Å². The Hall–Kier alpha value is -0.0231. The molecule has 1 rings (SSSR count). The van der Waals surface area contributed by atoms with Crippen LogP contribution in [-0.4, -0.2) is 95.8 Å². The van der Waals surface area contributed by atoms with Crippen molar-refractivity contribution in [3.8, 4) is 0 Å². The maximum atomic E-state index is 10.1. The summed E-state index contributed by atoms with van der Waals surface area (Å²) in [6.45, 7) is 13.5. The molecule has 0 aromatic rings. The number of rotatable bonds is 12. The van der Waals surface area contributed by atoms with Crippen molar-refractivity contribution < 1.29 is 18.7 Å². The summed E-state index contributed by atoms with van der Waals surface area (Å²) in [5, 5.41) is 10.1. The van der Waals surface area contributed by atoms with Crippen molar-refractivity contribution in [3.63, 3.8) is 0 Å². The van der Waals surface area contributed by atoms with E-state index in [0.29, 0.717) is 33.0 Å². The number of hydrogen-bond donors (Lipinski definition) is 1. The Balaban J connectivity index is 2.09. The van der Waals surface area contributed by atoms with Crippen LogP contribution in [0.15, 0.2) is 0 Å². The van der Waals surface area contributed by atoms with Gasteiger partial charge in [-0.25, -0.2) is 0 Å². The fraction of sp³-hybridized carbons (Fsp3) is 1.00. The number of nitrogens with zero attached hydrogens (tertiary/aromatic N) is 2. The summed E-state index contributed by atoms with van der Waals surface area (Å²) >= 11 is 0. The van der Waals surface area contributed by atoms with Crippen LogP contribution in [0, 0.1) is 0 Å². The Morgan fingerprint density at radius 3 is 2.26 bits per heavy atom. The highest BCUT2D eigenvalue weighted by Crippen LogP contribution is 2.15. The SMILES string of the molecule is CCO[Si](C)(CCCOCC(O)CN1CCN(C)CC1)OCC. The molecule has 1 atom stereocenters. The lowest BCUT2D eigenvalue weighted by molar-refractivity contribution is 0.00863. The predicted molar refractivity (Wildman–Crippen MR) is 95.1 cm³/mol. The van der Waals surface area contributed by atoms with Gasteiger partial charge in [0.2, 0.25) is 0 Å². The van der Waals surface area contributed by atoms with Crippen LogP contribution in [0.4, 0.5) is 0 Å². The highest BCUT2D eigenvalue weighted by molar-refractivity contribution is 6.66. The molecule has 0 amide bonds. The summed E-state index contributed by atoms with van der Waals surface area (Å²) in [6, 6.07) is 0.934. The normalized spacial score (nSPS) is 19.2. The van der Waals surface area contributed by atoms with Crippen LogP contribution in [0.25, 0.3) is 0 Å². The second-order valence-corrected chi connectivity index (χ2v) is 9.78. The highest BCUT2D eigenvalue weighted by atomic mass is 28.4. The van der Waals surface area contributed by atoms with Crippen LogP contribution < -0.4 is 0 Å². The largest absolute Gasteiger partial charge is 0.395 e. The Bertz CT molecular complexity index is 296. The fourth-order valence-corrected chi connectivity index (χ4v) is 5.27. The molecule has 1 aliphatic heterocycles. The second kappa shape index (κ2) is 11.5. The van der Waals surface area contributed by atoms with E-state index in [9.17, 15) is 5.11 Å². The van der Waals surface area contributed by atoms with Crippen molar-refractivity contribution in [2.24, 2.45) is 0 Å². The minimum atomic E-state index is -2.02. The number of ether oxygens (including phenoxy) is 1. The Labute approximate surface area is 142 Å². The van der Waals surface area contributed by atoms with E-state index < -0.39 is 14.7 Å². The van der Waals surface area contributed by atoms with E-state index in [1.54, 1.807) is 0 Å². The highest BCUT2D eigenvalue weighted by Gasteiger charge is 2.29. The summed E-state index contributed by atoms with van der Waals surface area (Å²) in [5.41, 5.74) is 0. The van der Waals surface area contributed by atoms with Crippen LogP contribution in [-0.2, 0) is 13.6 Å². The smallest absolute Gasteiger partial charge is 0.334 e. The Morgan fingerprint density at radius 2 is 1.70 bits per heavy atom. The Kier molecular flexibility index (Phi) is 10.5. The lowest BCUT2D eigenvalue weighted by Gasteiger charge is -2.33. The molecular weight excluding hydrogens is 312 g/mol. The quantitative estimate of drug-likeness (QED) is 0.422. The average Bonchev–Trinajstić information content (AvgIpc) is 2.50. The molecule has 138 valence electrons. The van der Waals surface area contributed by atoms with Crippen molar-refractivity contribution in [3.05, 3.63) is 0 Å². The van der Waals surface area contributed by atoms with E-state index in [1.165, 1.54) is 0 Å². The van der Waals surface area contributed by atoms with Crippen LogP contribution in [0.3, 0.4) is 0 Å². The molecule has 0 saturated carbocycles. The monoisotopic (exact) mass is 348 g/mol. The molecule has 0 spiro atoms. The first-order valence-corrected chi connectivity index (χ1v) is 11.5. The molecule has 1 aliphatic rings. The first-order valence-electron chi connectivity index (χ1n) is 8.93. The molecule has 1 unspecified atom stereocenters. The molecule has 0 aromatic carbocycles. The van der Waals surface area contributed by atoms with Crippen molar-refractivity contribution in [1.82, 2.24) is 9.80 Å². The summed E-state index contributed by atoms with van der Waals surface area (Å²) < 4.78 is 17.2. The third-order valence-electron chi connectivity index (χ3n) is 4.19. The van der Waals surface area contributed by atoms with Gasteiger partial charge in [0.25, 0.3) is 0 Å². The lowest BCUT2D eigenvalue weighted by Crippen LogP contribution is -2.47. The van der Waals surface area contributed by atoms with E-state index in [-0.39, 0.29) is 0 Å². The van der Waals surface area contributed by atoms with Gasteiger partial charge in [-0.3, -0.25) is 4.90 Å². The molecule has 6 nitrogen and oxygen atoms in total. The van der Waals surface area contributed by atoms with Crippen molar-refractivity contribution in [1.29, 1.82) is 0 Å². The lowest BCUT2D eigenvalue weighted by atomic mass is 10.3. The van der Waals surface area contributed by atoms with Crippen LogP contribution >= 0.6 is 0 Å². The van der Waals surface area contributed by atoms with Crippen molar-refractivity contribution in [2.45, 2.75) is 39.0 Å². The van der Waals surface area contributed by atoms with E-state index in [0.717, 1.165) is 38.6 Å². The third kappa shape index (κ3) is 9.14. The minimum Gasteiger partial charge on any atom is -0.395 e.